The van der Waals surface area contributed by atoms with E-state index in [-0.39, 0.29) is 12.1 Å². The van der Waals surface area contributed by atoms with Gasteiger partial charge in [-0.15, -0.1) is 0 Å². The molecule has 6 heteroatoms. The number of likely N-dealkylation sites (tertiary alicyclic amines) is 1. The molecule has 0 amide bonds. The molecule has 2 aliphatic carbocycles. The van der Waals surface area contributed by atoms with Crippen LogP contribution in [0.25, 0.3) is 0 Å². The summed E-state index contributed by atoms with van der Waals surface area (Å²) < 4.78 is 42.2. The normalized spacial score (nSPS) is 36.5. The molecule has 5 unspecified atom stereocenters. The highest BCUT2D eigenvalue weighted by atomic mass is 19.3. The van der Waals surface area contributed by atoms with Crippen LogP contribution in [-0.4, -0.2) is 35.3 Å². The van der Waals surface area contributed by atoms with Crippen LogP contribution in [0.5, 0.6) is 5.75 Å². The van der Waals surface area contributed by atoms with E-state index < -0.39 is 18.2 Å². The summed E-state index contributed by atoms with van der Waals surface area (Å²) in [5, 5.41) is 10.3. The lowest BCUT2D eigenvalue weighted by Gasteiger charge is -2.29. The molecule has 5 atom stereocenters. The Morgan fingerprint density at radius 2 is 2.09 bits per heavy atom. The van der Waals surface area contributed by atoms with Crippen molar-refractivity contribution in [3.63, 3.8) is 0 Å². The van der Waals surface area contributed by atoms with Crippen LogP contribution >= 0.6 is 0 Å². The maximum atomic E-state index is 13.8. The Labute approximate surface area is 126 Å². The number of aliphatic hydroxyl groups is 1. The summed E-state index contributed by atoms with van der Waals surface area (Å²) in [6.45, 7) is -1.56. The molecule has 120 valence electrons. The zero-order valence-electron chi connectivity index (χ0n) is 12.0. The van der Waals surface area contributed by atoms with Gasteiger partial charge >= 0.3 is 6.61 Å². The van der Waals surface area contributed by atoms with Crippen LogP contribution in [0.2, 0.25) is 0 Å². The molecule has 1 aromatic rings. The van der Waals surface area contributed by atoms with E-state index in [1.165, 1.54) is 12.1 Å². The molecule has 1 aromatic carbocycles. The molecular weight excluding hydrogens is 295 g/mol. The molecular formula is C16H18F3NO2. The van der Waals surface area contributed by atoms with Gasteiger partial charge in [-0.2, -0.15) is 8.78 Å². The van der Waals surface area contributed by atoms with E-state index in [0.717, 1.165) is 24.9 Å². The summed E-state index contributed by atoms with van der Waals surface area (Å²) in [5.74, 6) is 0.422. The molecule has 3 aliphatic rings. The third kappa shape index (κ3) is 2.20. The predicted octanol–water partition coefficient (Wildman–Crippen LogP) is 2.63. The Balaban J connectivity index is 1.49. The number of halogens is 3. The summed E-state index contributed by atoms with van der Waals surface area (Å²) >= 11 is 0. The minimum atomic E-state index is -3.03. The number of nitrogens with zero attached hydrogens (tertiary/aromatic N) is 1. The van der Waals surface area contributed by atoms with Crippen LogP contribution in [0.15, 0.2) is 18.2 Å². The van der Waals surface area contributed by atoms with Gasteiger partial charge in [0.1, 0.15) is 0 Å². The summed E-state index contributed by atoms with van der Waals surface area (Å²) in [7, 11) is 0. The van der Waals surface area contributed by atoms with Crippen molar-refractivity contribution in [3.05, 3.63) is 29.6 Å². The average Bonchev–Trinajstić information content (AvgIpc) is 3.04. The molecule has 0 spiro atoms. The van der Waals surface area contributed by atoms with Gasteiger partial charge in [-0.05, 0) is 48.3 Å². The summed E-state index contributed by atoms with van der Waals surface area (Å²) in [4.78, 5) is 2.22. The van der Waals surface area contributed by atoms with E-state index in [1.54, 1.807) is 6.07 Å². The van der Waals surface area contributed by atoms with Gasteiger partial charge in [0.15, 0.2) is 11.6 Å². The number of aliphatic hydroxyl groups excluding tert-OH is 1. The van der Waals surface area contributed by atoms with Crippen molar-refractivity contribution in [3.8, 4) is 5.75 Å². The fraction of sp³-hybridized carbons (Fsp3) is 0.625. The summed E-state index contributed by atoms with van der Waals surface area (Å²) in [6.07, 6.45) is 1.91. The van der Waals surface area contributed by atoms with E-state index in [4.69, 9.17) is 0 Å². The molecule has 0 radical (unpaired) electrons. The largest absolute Gasteiger partial charge is 0.432 e. The molecule has 0 aromatic heterocycles. The molecule has 22 heavy (non-hydrogen) atoms. The van der Waals surface area contributed by atoms with Crippen molar-refractivity contribution in [2.75, 3.05) is 6.54 Å². The fourth-order valence-electron chi connectivity index (χ4n) is 4.79. The Kier molecular flexibility index (Phi) is 3.34. The van der Waals surface area contributed by atoms with E-state index in [2.05, 4.69) is 9.64 Å². The van der Waals surface area contributed by atoms with Crippen LogP contribution < -0.4 is 4.74 Å². The van der Waals surface area contributed by atoms with Gasteiger partial charge in [0.05, 0.1) is 6.10 Å². The van der Waals surface area contributed by atoms with Crippen LogP contribution in [0.4, 0.5) is 13.2 Å². The van der Waals surface area contributed by atoms with Crippen molar-refractivity contribution < 1.29 is 23.0 Å². The Morgan fingerprint density at radius 3 is 2.77 bits per heavy atom. The maximum Gasteiger partial charge on any atom is 0.387 e. The number of alkyl halides is 2. The SMILES string of the molecule is OC1C2CC3CN(Cc4ccc(OC(F)F)c(F)c4)C1C3C2. The number of hydrogen-bond donors (Lipinski definition) is 1. The van der Waals surface area contributed by atoms with Crippen LogP contribution in [0.3, 0.4) is 0 Å². The summed E-state index contributed by atoms with van der Waals surface area (Å²) in [5.41, 5.74) is 0.719. The lowest BCUT2D eigenvalue weighted by atomic mass is 9.88. The second kappa shape index (κ2) is 5.13. The predicted molar refractivity (Wildman–Crippen MR) is 72.9 cm³/mol. The Bertz CT molecular complexity index is 581. The molecule has 4 rings (SSSR count). The van der Waals surface area contributed by atoms with E-state index in [9.17, 15) is 18.3 Å². The van der Waals surface area contributed by atoms with E-state index in [0.29, 0.717) is 24.3 Å². The number of rotatable bonds is 4. The highest BCUT2D eigenvalue weighted by Gasteiger charge is 2.58. The van der Waals surface area contributed by atoms with Crippen LogP contribution in [0, 0.1) is 23.6 Å². The van der Waals surface area contributed by atoms with Crippen molar-refractivity contribution in [2.45, 2.75) is 38.1 Å². The van der Waals surface area contributed by atoms with E-state index >= 15 is 0 Å². The number of hydrogen-bond acceptors (Lipinski definition) is 3. The third-order valence-corrected chi connectivity index (χ3v) is 5.55. The lowest BCUT2D eigenvalue weighted by molar-refractivity contribution is -0.0522. The summed E-state index contributed by atoms with van der Waals surface area (Å²) in [6, 6.07) is 4.27. The first-order valence-corrected chi connectivity index (χ1v) is 7.68. The first-order valence-electron chi connectivity index (χ1n) is 7.68. The first kappa shape index (κ1) is 14.3. The van der Waals surface area contributed by atoms with Crippen molar-refractivity contribution in [1.82, 2.24) is 4.90 Å². The maximum absolute atomic E-state index is 13.8. The van der Waals surface area contributed by atoms with Gasteiger partial charge < -0.3 is 9.84 Å². The zero-order valence-corrected chi connectivity index (χ0v) is 12.0. The lowest BCUT2D eigenvalue weighted by Crippen LogP contribution is -2.40. The van der Waals surface area contributed by atoms with Gasteiger partial charge in [0, 0.05) is 19.1 Å². The number of benzene rings is 1. The molecule has 1 N–H and O–H groups in total. The molecule has 2 bridgehead atoms. The third-order valence-electron chi connectivity index (χ3n) is 5.55. The molecule has 1 aliphatic heterocycles. The minimum Gasteiger partial charge on any atom is -0.432 e. The van der Waals surface area contributed by atoms with Crippen LogP contribution in [-0.2, 0) is 6.54 Å². The van der Waals surface area contributed by atoms with Crippen molar-refractivity contribution in [2.24, 2.45) is 17.8 Å². The molecule has 1 heterocycles. The second-order valence-corrected chi connectivity index (χ2v) is 6.71. The van der Waals surface area contributed by atoms with Crippen molar-refractivity contribution >= 4 is 0 Å². The van der Waals surface area contributed by atoms with Gasteiger partial charge in [0.25, 0.3) is 0 Å². The molecule has 3 fully saturated rings. The number of ether oxygens (including phenoxy) is 1. The topological polar surface area (TPSA) is 32.7 Å². The highest BCUT2D eigenvalue weighted by molar-refractivity contribution is 5.29. The number of fused-ring (bicyclic) bond motifs is 1. The molecule has 3 nitrogen and oxygen atoms in total. The van der Waals surface area contributed by atoms with E-state index in [1.807, 2.05) is 0 Å². The Morgan fingerprint density at radius 1 is 1.27 bits per heavy atom. The van der Waals surface area contributed by atoms with Crippen molar-refractivity contribution in [1.29, 1.82) is 0 Å². The standard InChI is InChI=1S/C16H18F3NO2/c17-12-3-8(1-2-13(12)22-16(18)19)6-20-7-10-4-9-5-11(10)14(20)15(9)21/h1-3,9-11,14-16,21H,4-7H2. The minimum absolute atomic E-state index is 0.170. The van der Waals surface area contributed by atoms with Crippen LogP contribution in [0.1, 0.15) is 18.4 Å². The first-order chi connectivity index (χ1) is 10.5. The zero-order chi connectivity index (χ0) is 15.4. The van der Waals surface area contributed by atoms with Gasteiger partial charge in [-0.3, -0.25) is 4.90 Å². The second-order valence-electron chi connectivity index (χ2n) is 6.71. The fourth-order valence-corrected chi connectivity index (χ4v) is 4.79. The smallest absolute Gasteiger partial charge is 0.387 e. The quantitative estimate of drug-likeness (QED) is 0.927. The average molecular weight is 313 g/mol. The highest BCUT2D eigenvalue weighted by Crippen LogP contribution is 2.55. The monoisotopic (exact) mass is 313 g/mol. The molecule has 2 saturated carbocycles. The molecule has 1 saturated heterocycles. The van der Waals surface area contributed by atoms with Gasteiger partial charge in [-0.1, -0.05) is 6.07 Å². The van der Waals surface area contributed by atoms with Gasteiger partial charge in [0.2, 0.25) is 0 Å². The van der Waals surface area contributed by atoms with Gasteiger partial charge in [-0.25, -0.2) is 4.39 Å². The Hall–Kier alpha value is -1.27.